The molecule has 0 bridgehead atoms. The van der Waals surface area contributed by atoms with Crippen molar-refractivity contribution in [2.75, 3.05) is 0 Å². The first-order valence-corrected chi connectivity index (χ1v) is 4.38. The van der Waals surface area contributed by atoms with Gasteiger partial charge in [0.15, 0.2) is 11.5 Å². The molecule has 4 nitrogen and oxygen atoms in total. The van der Waals surface area contributed by atoms with Crippen LogP contribution in [0.2, 0.25) is 0 Å². The molecule has 2 aromatic rings. The second-order valence-corrected chi connectivity index (χ2v) is 2.87. The summed E-state index contributed by atoms with van der Waals surface area (Å²) in [6.07, 6.45) is 0.853. The molecular weight excluding hydrogens is 164 g/mol. The number of nitrogens with zero attached hydrogens (tertiary/aromatic N) is 3. The lowest BCUT2D eigenvalue weighted by Gasteiger charge is -1.98. The Hall–Kier alpha value is -1.42. The molecule has 0 saturated heterocycles. The fraction of sp³-hybridized carbons (Fsp3) is 0.333. The van der Waals surface area contributed by atoms with Gasteiger partial charge in [-0.15, -0.1) is 0 Å². The van der Waals surface area contributed by atoms with Crippen LogP contribution in [-0.4, -0.2) is 14.6 Å². The number of aromatic nitrogens is 3. The number of fused-ring (bicyclic) bond motifs is 1. The van der Waals surface area contributed by atoms with Crippen LogP contribution < -0.4 is 5.73 Å². The van der Waals surface area contributed by atoms with Crippen LogP contribution in [0.4, 0.5) is 0 Å². The molecule has 0 fully saturated rings. The van der Waals surface area contributed by atoms with Crippen molar-refractivity contribution in [1.29, 1.82) is 0 Å². The van der Waals surface area contributed by atoms with Gasteiger partial charge in [0.1, 0.15) is 0 Å². The van der Waals surface area contributed by atoms with E-state index in [1.807, 2.05) is 25.1 Å². The van der Waals surface area contributed by atoms with E-state index in [-0.39, 0.29) is 0 Å². The summed E-state index contributed by atoms with van der Waals surface area (Å²) in [7, 11) is 0. The number of rotatable bonds is 2. The molecule has 2 rings (SSSR count). The molecule has 0 amide bonds. The second-order valence-electron chi connectivity index (χ2n) is 2.87. The fourth-order valence-electron chi connectivity index (χ4n) is 1.31. The Kier molecular flexibility index (Phi) is 1.98. The van der Waals surface area contributed by atoms with E-state index in [4.69, 9.17) is 5.73 Å². The number of hydrogen-bond acceptors (Lipinski definition) is 3. The minimum Gasteiger partial charge on any atom is -0.325 e. The molecule has 0 atom stereocenters. The highest BCUT2D eigenvalue weighted by atomic mass is 15.3. The highest BCUT2D eigenvalue weighted by Gasteiger charge is 2.03. The standard InChI is InChI=1S/C9H12N4/c1-2-8-11-9-5-3-4-7(6-10)13(9)12-8/h3-5H,2,6,10H2,1H3. The van der Waals surface area contributed by atoms with E-state index < -0.39 is 0 Å². The van der Waals surface area contributed by atoms with Gasteiger partial charge >= 0.3 is 0 Å². The first kappa shape index (κ1) is 8.19. The molecule has 13 heavy (non-hydrogen) atoms. The summed E-state index contributed by atoms with van der Waals surface area (Å²) in [5, 5.41) is 4.33. The highest BCUT2D eigenvalue weighted by Crippen LogP contribution is 2.05. The van der Waals surface area contributed by atoms with E-state index in [9.17, 15) is 0 Å². The normalized spacial score (nSPS) is 10.9. The molecule has 0 aliphatic heterocycles. The Morgan fingerprint density at radius 2 is 2.31 bits per heavy atom. The number of nitrogens with two attached hydrogens (primary N) is 1. The van der Waals surface area contributed by atoms with Crippen molar-refractivity contribution < 1.29 is 0 Å². The molecule has 0 aromatic carbocycles. The first-order valence-electron chi connectivity index (χ1n) is 4.38. The maximum absolute atomic E-state index is 5.58. The van der Waals surface area contributed by atoms with E-state index in [2.05, 4.69) is 10.1 Å². The minimum atomic E-state index is 0.490. The van der Waals surface area contributed by atoms with Gasteiger partial charge in [0, 0.05) is 13.0 Å². The fourth-order valence-corrected chi connectivity index (χ4v) is 1.31. The first-order chi connectivity index (χ1) is 6.35. The zero-order valence-corrected chi connectivity index (χ0v) is 7.57. The third kappa shape index (κ3) is 1.29. The third-order valence-electron chi connectivity index (χ3n) is 2.01. The number of pyridine rings is 1. The van der Waals surface area contributed by atoms with Crippen LogP contribution in [0, 0.1) is 0 Å². The summed E-state index contributed by atoms with van der Waals surface area (Å²) < 4.78 is 1.80. The molecule has 2 aromatic heterocycles. The van der Waals surface area contributed by atoms with Gasteiger partial charge < -0.3 is 5.73 Å². The van der Waals surface area contributed by atoms with E-state index in [1.165, 1.54) is 0 Å². The minimum absolute atomic E-state index is 0.490. The van der Waals surface area contributed by atoms with E-state index in [0.29, 0.717) is 6.54 Å². The summed E-state index contributed by atoms with van der Waals surface area (Å²) >= 11 is 0. The largest absolute Gasteiger partial charge is 0.325 e. The van der Waals surface area contributed by atoms with Crippen molar-refractivity contribution in [2.45, 2.75) is 19.9 Å². The lowest BCUT2D eigenvalue weighted by atomic mass is 10.3. The lowest BCUT2D eigenvalue weighted by Crippen LogP contribution is -2.04. The SMILES string of the molecule is CCc1nc2cccc(CN)n2n1. The Morgan fingerprint density at radius 3 is 3.00 bits per heavy atom. The highest BCUT2D eigenvalue weighted by molar-refractivity contribution is 5.38. The molecule has 0 saturated carbocycles. The van der Waals surface area contributed by atoms with Crippen molar-refractivity contribution in [3.8, 4) is 0 Å². The molecule has 0 unspecified atom stereocenters. The van der Waals surface area contributed by atoms with Crippen LogP contribution in [0.3, 0.4) is 0 Å². The molecule has 0 aliphatic rings. The molecule has 2 heterocycles. The van der Waals surface area contributed by atoms with Gasteiger partial charge in [-0.1, -0.05) is 13.0 Å². The zero-order chi connectivity index (χ0) is 9.26. The monoisotopic (exact) mass is 176 g/mol. The zero-order valence-electron chi connectivity index (χ0n) is 7.57. The number of aryl methyl sites for hydroxylation is 1. The van der Waals surface area contributed by atoms with Gasteiger partial charge in [-0.05, 0) is 12.1 Å². The van der Waals surface area contributed by atoms with Crippen molar-refractivity contribution in [1.82, 2.24) is 14.6 Å². The van der Waals surface area contributed by atoms with E-state index in [0.717, 1.165) is 23.6 Å². The van der Waals surface area contributed by atoms with Crippen molar-refractivity contribution >= 4 is 5.65 Å². The molecule has 68 valence electrons. The summed E-state index contributed by atoms with van der Waals surface area (Å²) in [5.74, 6) is 0.862. The average molecular weight is 176 g/mol. The predicted molar refractivity (Wildman–Crippen MR) is 50.3 cm³/mol. The Labute approximate surface area is 76.4 Å². The topological polar surface area (TPSA) is 56.2 Å². The van der Waals surface area contributed by atoms with Crippen LogP contribution >= 0.6 is 0 Å². The third-order valence-corrected chi connectivity index (χ3v) is 2.01. The predicted octanol–water partition coefficient (Wildman–Crippen LogP) is 0.750. The van der Waals surface area contributed by atoms with Gasteiger partial charge in [-0.3, -0.25) is 0 Å². The molecular formula is C9H12N4. The van der Waals surface area contributed by atoms with Crippen molar-refractivity contribution in [3.63, 3.8) is 0 Å². The summed E-state index contributed by atoms with van der Waals surface area (Å²) in [5.41, 5.74) is 7.44. The maximum Gasteiger partial charge on any atom is 0.155 e. The lowest BCUT2D eigenvalue weighted by molar-refractivity contribution is 0.820. The van der Waals surface area contributed by atoms with Crippen LogP contribution in [0.15, 0.2) is 18.2 Å². The Balaban J connectivity index is 2.67. The van der Waals surface area contributed by atoms with Crippen LogP contribution in [0.25, 0.3) is 5.65 Å². The van der Waals surface area contributed by atoms with Crippen LogP contribution in [0.5, 0.6) is 0 Å². The quantitative estimate of drug-likeness (QED) is 0.734. The smallest absolute Gasteiger partial charge is 0.155 e. The summed E-state index contributed by atoms with van der Waals surface area (Å²) in [6, 6.07) is 5.85. The molecule has 0 aliphatic carbocycles. The van der Waals surface area contributed by atoms with Gasteiger partial charge in [-0.2, -0.15) is 5.10 Å². The summed E-state index contributed by atoms with van der Waals surface area (Å²) in [4.78, 5) is 4.34. The Morgan fingerprint density at radius 1 is 1.46 bits per heavy atom. The van der Waals surface area contributed by atoms with Gasteiger partial charge in [0.2, 0.25) is 0 Å². The van der Waals surface area contributed by atoms with Gasteiger partial charge in [0.25, 0.3) is 0 Å². The van der Waals surface area contributed by atoms with Crippen molar-refractivity contribution in [2.24, 2.45) is 5.73 Å². The summed E-state index contributed by atoms with van der Waals surface area (Å²) in [6.45, 7) is 2.53. The van der Waals surface area contributed by atoms with Crippen LogP contribution in [0.1, 0.15) is 18.4 Å². The van der Waals surface area contributed by atoms with Crippen molar-refractivity contribution in [3.05, 3.63) is 29.7 Å². The Bertz CT molecular complexity index is 418. The second kappa shape index (κ2) is 3.14. The molecule has 0 spiro atoms. The maximum atomic E-state index is 5.58. The molecule has 4 heteroatoms. The molecule has 0 radical (unpaired) electrons. The van der Waals surface area contributed by atoms with Gasteiger partial charge in [0.05, 0.1) is 5.69 Å². The molecule has 2 N–H and O–H groups in total. The van der Waals surface area contributed by atoms with E-state index in [1.54, 1.807) is 4.52 Å². The van der Waals surface area contributed by atoms with Gasteiger partial charge in [-0.25, -0.2) is 9.50 Å². The van der Waals surface area contributed by atoms with E-state index >= 15 is 0 Å². The van der Waals surface area contributed by atoms with Crippen LogP contribution in [-0.2, 0) is 13.0 Å². The average Bonchev–Trinajstić information content (AvgIpc) is 2.59. The number of hydrogen-bond donors (Lipinski definition) is 1.